The van der Waals surface area contributed by atoms with Gasteiger partial charge < -0.3 is 11.1 Å². The van der Waals surface area contributed by atoms with Gasteiger partial charge in [-0.15, -0.1) is 35.1 Å². The van der Waals surface area contributed by atoms with Crippen LogP contribution in [0.5, 0.6) is 0 Å². The molecule has 8 heteroatoms. The van der Waals surface area contributed by atoms with E-state index in [0.717, 1.165) is 21.3 Å². The lowest BCUT2D eigenvalue weighted by Crippen LogP contribution is -2.26. The number of thiazole rings is 2. The maximum atomic E-state index is 11.7. The fraction of sp³-hybridized carbons (Fsp3) is 0.417. The summed E-state index contributed by atoms with van der Waals surface area (Å²) in [6.45, 7) is 6.06. The second-order valence-corrected chi connectivity index (χ2v) is 6.37. The molecule has 5 nitrogen and oxygen atoms in total. The molecule has 3 N–H and O–H groups in total. The van der Waals surface area contributed by atoms with Gasteiger partial charge >= 0.3 is 0 Å². The summed E-state index contributed by atoms with van der Waals surface area (Å²) < 4.78 is 0. The molecule has 0 saturated heterocycles. The van der Waals surface area contributed by atoms with E-state index < -0.39 is 0 Å². The third-order valence-electron chi connectivity index (χ3n) is 2.67. The Labute approximate surface area is 132 Å². The van der Waals surface area contributed by atoms with E-state index in [9.17, 15) is 4.79 Å². The molecule has 1 unspecified atom stereocenters. The van der Waals surface area contributed by atoms with Crippen LogP contribution >= 0.6 is 35.1 Å². The molecule has 0 aliphatic carbocycles. The third-order valence-corrected chi connectivity index (χ3v) is 4.52. The lowest BCUT2D eigenvalue weighted by atomic mass is 10.2. The molecule has 0 aliphatic heterocycles. The molecule has 0 fully saturated rings. The Morgan fingerprint density at radius 3 is 2.70 bits per heavy atom. The van der Waals surface area contributed by atoms with E-state index in [1.165, 1.54) is 11.3 Å². The second-order valence-electron chi connectivity index (χ2n) is 4.31. The molecular formula is C12H17ClN4OS2. The van der Waals surface area contributed by atoms with Gasteiger partial charge in [0.2, 0.25) is 5.91 Å². The Kier molecular flexibility index (Phi) is 6.07. The highest BCUT2D eigenvalue weighted by Gasteiger charge is 2.15. The molecule has 0 radical (unpaired) electrons. The van der Waals surface area contributed by atoms with Gasteiger partial charge in [0.05, 0.1) is 21.3 Å². The van der Waals surface area contributed by atoms with Crippen LogP contribution < -0.4 is 11.1 Å². The number of rotatable bonds is 4. The first-order valence-corrected chi connectivity index (χ1v) is 7.61. The first kappa shape index (κ1) is 17.0. The van der Waals surface area contributed by atoms with Gasteiger partial charge in [-0.2, -0.15) is 0 Å². The Hall–Kier alpha value is -1.02. The van der Waals surface area contributed by atoms with Crippen LogP contribution in [0.4, 0.5) is 5.13 Å². The van der Waals surface area contributed by atoms with Crippen LogP contribution in [0.1, 0.15) is 17.6 Å². The van der Waals surface area contributed by atoms with Gasteiger partial charge in [-0.1, -0.05) is 6.92 Å². The lowest BCUT2D eigenvalue weighted by Gasteiger charge is -2.06. The van der Waals surface area contributed by atoms with E-state index >= 15 is 0 Å². The lowest BCUT2D eigenvalue weighted by molar-refractivity contribution is -0.119. The molecule has 20 heavy (non-hydrogen) atoms. The van der Waals surface area contributed by atoms with Crippen LogP contribution in [0, 0.1) is 19.8 Å². The maximum Gasteiger partial charge on any atom is 0.230 e. The highest BCUT2D eigenvalue weighted by Crippen LogP contribution is 2.32. The fourth-order valence-corrected chi connectivity index (χ4v) is 3.20. The van der Waals surface area contributed by atoms with E-state index in [1.54, 1.807) is 18.3 Å². The summed E-state index contributed by atoms with van der Waals surface area (Å²) in [5, 5.41) is 6.33. The van der Waals surface area contributed by atoms with Crippen molar-refractivity contribution in [3.8, 4) is 10.6 Å². The fourth-order valence-electron chi connectivity index (χ4n) is 1.54. The average molecular weight is 333 g/mol. The molecule has 2 aromatic rings. The zero-order valence-corrected chi connectivity index (χ0v) is 13.9. The van der Waals surface area contributed by atoms with Crippen molar-refractivity contribution < 1.29 is 4.79 Å². The Morgan fingerprint density at radius 1 is 1.45 bits per heavy atom. The number of hydrogen-bond acceptors (Lipinski definition) is 6. The molecule has 2 rings (SSSR count). The smallest absolute Gasteiger partial charge is 0.230 e. The van der Waals surface area contributed by atoms with Gasteiger partial charge in [0, 0.05) is 17.8 Å². The van der Waals surface area contributed by atoms with Crippen molar-refractivity contribution in [2.24, 2.45) is 11.7 Å². The van der Waals surface area contributed by atoms with Gasteiger partial charge in [-0.05, 0) is 13.8 Å². The number of nitrogens with zero attached hydrogens (tertiary/aromatic N) is 2. The maximum absolute atomic E-state index is 11.7. The van der Waals surface area contributed by atoms with Crippen molar-refractivity contribution in [3.05, 3.63) is 16.1 Å². The summed E-state index contributed by atoms with van der Waals surface area (Å²) in [5.74, 6) is -0.305. The minimum Gasteiger partial charge on any atom is -0.330 e. The van der Waals surface area contributed by atoms with E-state index in [0.29, 0.717) is 11.7 Å². The highest BCUT2D eigenvalue weighted by atomic mass is 35.5. The quantitative estimate of drug-likeness (QED) is 0.902. The number of carbonyl (C=O) groups is 1. The number of carbonyl (C=O) groups excluding carboxylic acids is 1. The summed E-state index contributed by atoms with van der Waals surface area (Å²) >= 11 is 3.02. The number of nitrogens with two attached hydrogens (primary N) is 1. The van der Waals surface area contributed by atoms with Crippen molar-refractivity contribution in [2.45, 2.75) is 20.8 Å². The summed E-state index contributed by atoms with van der Waals surface area (Å²) in [5.41, 5.74) is 7.30. The van der Waals surface area contributed by atoms with E-state index in [2.05, 4.69) is 15.3 Å². The number of nitrogens with one attached hydrogen (secondary N) is 1. The second kappa shape index (κ2) is 7.12. The molecule has 1 amide bonds. The number of aryl methyl sites for hydroxylation is 2. The van der Waals surface area contributed by atoms with Gasteiger partial charge in [-0.25, -0.2) is 9.97 Å². The van der Waals surface area contributed by atoms with Crippen LogP contribution in [0.3, 0.4) is 0 Å². The van der Waals surface area contributed by atoms with Crippen molar-refractivity contribution in [2.75, 3.05) is 11.9 Å². The van der Waals surface area contributed by atoms with Crippen LogP contribution in [-0.4, -0.2) is 22.4 Å². The molecule has 0 spiro atoms. The SMILES string of the molecule is Cc1nc(C)c(-c2csc(NC(=O)C(C)CN)n2)s1.Cl. The minimum absolute atomic E-state index is 0. The van der Waals surface area contributed by atoms with E-state index in [4.69, 9.17) is 5.73 Å². The van der Waals surface area contributed by atoms with Crippen molar-refractivity contribution in [3.63, 3.8) is 0 Å². The van der Waals surface area contributed by atoms with Gasteiger partial charge in [0.25, 0.3) is 0 Å². The van der Waals surface area contributed by atoms with Crippen LogP contribution in [0.25, 0.3) is 10.6 Å². The number of hydrogen-bond donors (Lipinski definition) is 2. The van der Waals surface area contributed by atoms with Crippen molar-refractivity contribution in [1.82, 2.24) is 9.97 Å². The third kappa shape index (κ3) is 3.76. The number of anilines is 1. The zero-order chi connectivity index (χ0) is 14.0. The Morgan fingerprint density at radius 2 is 2.15 bits per heavy atom. The van der Waals surface area contributed by atoms with Crippen LogP contribution in [0.15, 0.2) is 5.38 Å². The predicted molar refractivity (Wildman–Crippen MR) is 86.8 cm³/mol. The van der Waals surface area contributed by atoms with Crippen LogP contribution in [-0.2, 0) is 4.79 Å². The van der Waals surface area contributed by atoms with Gasteiger partial charge in [0.1, 0.15) is 0 Å². The normalized spacial score (nSPS) is 11.8. The molecule has 2 heterocycles. The summed E-state index contributed by atoms with van der Waals surface area (Å²) in [7, 11) is 0. The molecular weight excluding hydrogens is 316 g/mol. The monoisotopic (exact) mass is 332 g/mol. The number of amides is 1. The van der Waals surface area contributed by atoms with Crippen molar-refractivity contribution >= 4 is 46.1 Å². The first-order chi connectivity index (χ1) is 9.01. The molecule has 0 aliphatic rings. The van der Waals surface area contributed by atoms with Crippen LogP contribution in [0.2, 0.25) is 0 Å². The molecule has 2 aromatic heterocycles. The number of aromatic nitrogens is 2. The Balaban J connectivity index is 0.00000200. The van der Waals surface area contributed by atoms with Gasteiger partial charge in [-0.3, -0.25) is 4.79 Å². The number of halogens is 1. The highest BCUT2D eigenvalue weighted by molar-refractivity contribution is 7.16. The predicted octanol–water partition coefficient (Wildman–Crippen LogP) is 2.84. The van der Waals surface area contributed by atoms with E-state index in [1.807, 2.05) is 19.2 Å². The van der Waals surface area contributed by atoms with Gasteiger partial charge in [0.15, 0.2) is 5.13 Å². The van der Waals surface area contributed by atoms with E-state index in [-0.39, 0.29) is 24.2 Å². The molecule has 1 atom stereocenters. The molecule has 0 bridgehead atoms. The molecule has 0 saturated carbocycles. The van der Waals surface area contributed by atoms with Crippen molar-refractivity contribution in [1.29, 1.82) is 0 Å². The first-order valence-electron chi connectivity index (χ1n) is 5.92. The Bertz CT molecular complexity index is 596. The standard InChI is InChI=1S/C12H16N4OS2.ClH/c1-6(4-13)11(17)16-12-15-9(5-18-12)10-7(2)14-8(3)19-10;/h5-6H,4,13H2,1-3H3,(H,15,16,17);1H. The summed E-state index contributed by atoms with van der Waals surface area (Å²) in [4.78, 5) is 21.6. The topological polar surface area (TPSA) is 80.9 Å². The summed E-state index contributed by atoms with van der Waals surface area (Å²) in [6, 6.07) is 0. The average Bonchev–Trinajstić information content (AvgIpc) is 2.94. The minimum atomic E-state index is -0.209. The summed E-state index contributed by atoms with van der Waals surface area (Å²) in [6.07, 6.45) is 0. The zero-order valence-electron chi connectivity index (χ0n) is 11.5. The molecule has 0 aromatic carbocycles. The largest absolute Gasteiger partial charge is 0.330 e. The molecule has 110 valence electrons.